The molecule has 23 heavy (non-hydrogen) atoms. The molecule has 2 unspecified atom stereocenters. The summed E-state index contributed by atoms with van der Waals surface area (Å²) in [7, 11) is 0. The Labute approximate surface area is 134 Å². The predicted octanol–water partition coefficient (Wildman–Crippen LogP) is -0.892. The first kappa shape index (κ1) is 19.3. The van der Waals surface area contributed by atoms with Crippen molar-refractivity contribution in [2.45, 2.75) is 58.3 Å². The van der Waals surface area contributed by atoms with Crippen LogP contribution in [-0.4, -0.2) is 66.8 Å². The Bertz CT molecular complexity index is 440. The first-order chi connectivity index (χ1) is 10.8. The van der Waals surface area contributed by atoms with Crippen LogP contribution in [0.15, 0.2) is 0 Å². The number of ether oxygens (including phenoxy) is 4. The van der Waals surface area contributed by atoms with Crippen molar-refractivity contribution in [1.29, 1.82) is 0 Å². The monoisotopic (exact) mass is 333 g/mol. The smallest absolute Gasteiger partial charge is 0.303 e. The van der Waals surface area contributed by atoms with E-state index in [1.165, 1.54) is 20.8 Å². The molecule has 0 aliphatic carbocycles. The Hall–Kier alpha value is -1.71. The fourth-order valence-electron chi connectivity index (χ4n) is 2.37. The predicted molar refractivity (Wildman–Crippen MR) is 76.1 cm³/mol. The van der Waals surface area contributed by atoms with Crippen molar-refractivity contribution < 1.29 is 38.4 Å². The van der Waals surface area contributed by atoms with Crippen LogP contribution in [0.1, 0.15) is 27.7 Å². The van der Waals surface area contributed by atoms with Gasteiger partial charge in [0.15, 0.2) is 12.4 Å². The Kier molecular flexibility index (Phi) is 7.40. The summed E-state index contributed by atoms with van der Waals surface area (Å²) in [5, 5.41) is 12.6. The van der Waals surface area contributed by atoms with Crippen LogP contribution >= 0.6 is 0 Å². The molecule has 2 N–H and O–H groups in total. The Balaban J connectivity index is 3.02. The highest BCUT2D eigenvalue weighted by molar-refractivity contribution is 5.73. The maximum atomic E-state index is 11.4. The van der Waals surface area contributed by atoms with Crippen LogP contribution in [0.25, 0.3) is 0 Å². The van der Waals surface area contributed by atoms with Gasteiger partial charge in [-0.05, 0) is 6.92 Å². The second-order valence-corrected chi connectivity index (χ2v) is 5.09. The zero-order valence-electron chi connectivity index (χ0n) is 13.6. The standard InChI is InChI=1S/C14H23NO8/c1-5-20-12-10(6-21-8(3)17)23-14(19)11(15-7(2)16)13(12)22-9(4)18/h10-14,19H,5-6H2,1-4H3,(H,15,16)/t10?,11?,12-,13+,14+/m0/s1. The van der Waals surface area contributed by atoms with Crippen molar-refractivity contribution in [3.8, 4) is 0 Å². The molecule has 0 aromatic heterocycles. The van der Waals surface area contributed by atoms with Crippen LogP contribution in [0.5, 0.6) is 0 Å². The van der Waals surface area contributed by atoms with Crippen LogP contribution in [0.4, 0.5) is 0 Å². The van der Waals surface area contributed by atoms with Crippen molar-refractivity contribution in [3.63, 3.8) is 0 Å². The van der Waals surface area contributed by atoms with Crippen molar-refractivity contribution >= 4 is 17.8 Å². The van der Waals surface area contributed by atoms with Gasteiger partial charge in [-0.2, -0.15) is 0 Å². The van der Waals surface area contributed by atoms with Gasteiger partial charge in [0, 0.05) is 27.4 Å². The number of carbonyl (C=O) groups excluding carboxylic acids is 3. The number of aliphatic hydroxyl groups is 1. The molecular formula is C14H23NO8. The van der Waals surface area contributed by atoms with Crippen molar-refractivity contribution in [1.82, 2.24) is 5.32 Å². The van der Waals surface area contributed by atoms with E-state index in [4.69, 9.17) is 18.9 Å². The third-order valence-corrected chi connectivity index (χ3v) is 3.15. The summed E-state index contributed by atoms with van der Waals surface area (Å²) < 4.78 is 21.0. The average molecular weight is 333 g/mol. The van der Waals surface area contributed by atoms with Crippen LogP contribution < -0.4 is 5.32 Å². The third-order valence-electron chi connectivity index (χ3n) is 3.15. The van der Waals surface area contributed by atoms with E-state index in [-0.39, 0.29) is 13.2 Å². The van der Waals surface area contributed by atoms with E-state index in [1.54, 1.807) is 6.92 Å². The van der Waals surface area contributed by atoms with Gasteiger partial charge in [-0.3, -0.25) is 14.4 Å². The SMILES string of the molecule is CCO[C@H]1C(COC(C)=O)O[C@@H](O)C(NC(C)=O)[C@H]1OC(C)=O. The van der Waals surface area contributed by atoms with Crippen LogP contribution in [0.2, 0.25) is 0 Å². The van der Waals surface area contributed by atoms with Crippen molar-refractivity contribution in [3.05, 3.63) is 0 Å². The highest BCUT2D eigenvalue weighted by Gasteiger charge is 2.48. The molecule has 1 rings (SSSR count). The van der Waals surface area contributed by atoms with Crippen LogP contribution in [-0.2, 0) is 33.3 Å². The van der Waals surface area contributed by atoms with E-state index >= 15 is 0 Å². The van der Waals surface area contributed by atoms with Gasteiger partial charge in [-0.15, -0.1) is 0 Å². The van der Waals surface area contributed by atoms with E-state index < -0.39 is 48.5 Å². The molecule has 5 atom stereocenters. The number of esters is 2. The molecule has 1 amide bonds. The molecule has 0 saturated carbocycles. The lowest BCUT2D eigenvalue weighted by Gasteiger charge is -2.43. The van der Waals surface area contributed by atoms with E-state index in [0.29, 0.717) is 0 Å². The fraction of sp³-hybridized carbons (Fsp3) is 0.786. The van der Waals surface area contributed by atoms with Gasteiger partial charge in [0.2, 0.25) is 5.91 Å². The molecule has 0 aromatic rings. The lowest BCUT2D eigenvalue weighted by atomic mass is 9.96. The van der Waals surface area contributed by atoms with E-state index in [9.17, 15) is 19.5 Å². The van der Waals surface area contributed by atoms with E-state index in [1.807, 2.05) is 0 Å². The molecule has 0 aromatic carbocycles. The van der Waals surface area contributed by atoms with Gasteiger partial charge in [0.25, 0.3) is 0 Å². The topological polar surface area (TPSA) is 120 Å². The maximum absolute atomic E-state index is 11.4. The van der Waals surface area contributed by atoms with Crippen molar-refractivity contribution in [2.24, 2.45) is 0 Å². The second-order valence-electron chi connectivity index (χ2n) is 5.09. The minimum absolute atomic E-state index is 0.179. The van der Waals surface area contributed by atoms with E-state index in [2.05, 4.69) is 5.32 Å². The van der Waals surface area contributed by atoms with Gasteiger partial charge in [-0.25, -0.2) is 0 Å². The number of aliphatic hydroxyl groups excluding tert-OH is 1. The van der Waals surface area contributed by atoms with Gasteiger partial charge >= 0.3 is 11.9 Å². The zero-order chi connectivity index (χ0) is 17.6. The quantitative estimate of drug-likeness (QED) is 0.601. The molecule has 9 nitrogen and oxygen atoms in total. The first-order valence-corrected chi connectivity index (χ1v) is 7.29. The summed E-state index contributed by atoms with van der Waals surface area (Å²) in [6.07, 6.45) is -4.09. The summed E-state index contributed by atoms with van der Waals surface area (Å²) >= 11 is 0. The van der Waals surface area contributed by atoms with Crippen LogP contribution in [0.3, 0.4) is 0 Å². The second kappa shape index (κ2) is 8.80. The molecule has 9 heteroatoms. The lowest BCUT2D eigenvalue weighted by Crippen LogP contribution is -2.65. The molecule has 1 saturated heterocycles. The highest BCUT2D eigenvalue weighted by atomic mass is 16.7. The zero-order valence-corrected chi connectivity index (χ0v) is 13.6. The van der Waals surface area contributed by atoms with Gasteiger partial charge < -0.3 is 29.4 Å². The number of hydrogen-bond donors (Lipinski definition) is 2. The maximum Gasteiger partial charge on any atom is 0.303 e. The van der Waals surface area contributed by atoms with Gasteiger partial charge in [-0.1, -0.05) is 0 Å². The minimum Gasteiger partial charge on any atom is -0.463 e. The van der Waals surface area contributed by atoms with Gasteiger partial charge in [0.1, 0.15) is 24.9 Å². The molecule has 1 aliphatic heterocycles. The number of rotatable bonds is 6. The number of hydrogen-bond acceptors (Lipinski definition) is 8. The molecular weight excluding hydrogens is 310 g/mol. The Morgan fingerprint density at radius 2 is 1.78 bits per heavy atom. The van der Waals surface area contributed by atoms with Crippen molar-refractivity contribution in [2.75, 3.05) is 13.2 Å². The fourth-order valence-corrected chi connectivity index (χ4v) is 2.37. The highest BCUT2D eigenvalue weighted by Crippen LogP contribution is 2.25. The summed E-state index contributed by atoms with van der Waals surface area (Å²) in [5.41, 5.74) is 0. The van der Waals surface area contributed by atoms with E-state index in [0.717, 1.165) is 0 Å². The number of carbonyl (C=O) groups is 3. The third kappa shape index (κ3) is 5.77. The summed E-state index contributed by atoms with van der Waals surface area (Å²) in [6, 6.07) is -0.999. The molecule has 0 bridgehead atoms. The number of amides is 1. The summed E-state index contributed by atoms with van der Waals surface area (Å²) in [6.45, 7) is 5.52. The normalized spacial score (nSPS) is 30.4. The molecule has 1 heterocycles. The van der Waals surface area contributed by atoms with Gasteiger partial charge in [0.05, 0.1) is 0 Å². The van der Waals surface area contributed by atoms with Crippen LogP contribution in [0, 0.1) is 0 Å². The Morgan fingerprint density at radius 3 is 2.26 bits per heavy atom. The molecule has 0 spiro atoms. The average Bonchev–Trinajstić information content (AvgIpc) is 2.43. The lowest BCUT2D eigenvalue weighted by molar-refractivity contribution is -0.267. The molecule has 132 valence electrons. The Morgan fingerprint density at radius 1 is 1.13 bits per heavy atom. The molecule has 0 radical (unpaired) electrons. The molecule has 1 fully saturated rings. The minimum atomic E-state index is -1.44. The first-order valence-electron chi connectivity index (χ1n) is 7.29. The molecule has 1 aliphatic rings. The summed E-state index contributed by atoms with van der Waals surface area (Å²) in [5.74, 6) is -1.55. The largest absolute Gasteiger partial charge is 0.463 e. The summed E-state index contributed by atoms with van der Waals surface area (Å²) in [4.78, 5) is 33.7. The number of nitrogens with one attached hydrogen (secondary N) is 1.